The van der Waals surface area contributed by atoms with Crippen LogP contribution in [0.3, 0.4) is 0 Å². The number of halogens is 1. The third kappa shape index (κ3) is 4.64. The summed E-state index contributed by atoms with van der Waals surface area (Å²) in [5.41, 5.74) is 0. The van der Waals surface area contributed by atoms with Gasteiger partial charge in [-0.25, -0.2) is 4.79 Å². The highest BCUT2D eigenvalue weighted by Gasteiger charge is 2.20. The van der Waals surface area contributed by atoms with E-state index in [0.29, 0.717) is 23.8 Å². The van der Waals surface area contributed by atoms with Crippen LogP contribution in [0.15, 0.2) is 41.1 Å². The number of ether oxygens (including phenoxy) is 1. The number of hydrogen-bond donors (Lipinski definition) is 0. The van der Waals surface area contributed by atoms with Crippen molar-refractivity contribution in [1.82, 2.24) is 0 Å². The smallest absolute Gasteiger partial charge is 0.395 e. The van der Waals surface area contributed by atoms with Gasteiger partial charge in [0.05, 0.1) is 11.6 Å². The first-order valence-corrected chi connectivity index (χ1v) is 8.73. The average molecular weight is 354 g/mol. The summed E-state index contributed by atoms with van der Waals surface area (Å²) in [6.45, 7) is 3.71. The van der Waals surface area contributed by atoms with Crippen molar-refractivity contribution in [1.29, 1.82) is 0 Å². The summed E-state index contributed by atoms with van der Waals surface area (Å²) >= 11 is 6.13. The number of nitrogens with zero attached hydrogens (tertiary/aromatic N) is 1. The molecule has 0 aliphatic rings. The van der Waals surface area contributed by atoms with E-state index in [1.807, 2.05) is 37.3 Å². The second-order valence-corrected chi connectivity index (χ2v) is 6.18. The lowest BCUT2D eigenvalue weighted by Gasteiger charge is -2.07. The quantitative estimate of drug-likeness (QED) is 0.579. The lowest BCUT2D eigenvalue weighted by atomic mass is 10.1. The van der Waals surface area contributed by atoms with E-state index in [0.717, 1.165) is 10.8 Å². The Bertz CT molecular complexity index is 735. The molecule has 0 spiro atoms. The highest BCUT2D eigenvalue weighted by Crippen LogP contribution is 2.37. The predicted octanol–water partition coefficient (Wildman–Crippen LogP) is 4.07. The zero-order chi connectivity index (χ0) is 16.8. The van der Waals surface area contributed by atoms with Crippen molar-refractivity contribution in [2.45, 2.75) is 26.3 Å². The molecule has 2 atom stereocenters. The molecule has 2 aromatic rings. The summed E-state index contributed by atoms with van der Waals surface area (Å²) in [6, 6.07) is 10.1. The van der Waals surface area contributed by atoms with Crippen LogP contribution in [-0.4, -0.2) is 18.6 Å². The van der Waals surface area contributed by atoms with Crippen LogP contribution in [0.5, 0.6) is 5.75 Å². The molecule has 0 aliphatic heterocycles. The minimum Gasteiger partial charge on any atom is -0.575 e. The molecule has 23 heavy (non-hydrogen) atoms. The van der Waals surface area contributed by atoms with Crippen molar-refractivity contribution in [3.05, 3.63) is 41.4 Å². The number of hydrogen-bond acceptors (Lipinski definition) is 5. The Labute approximate surface area is 140 Å². The molecule has 0 radical (unpaired) electrons. The second-order valence-electron chi connectivity index (χ2n) is 4.89. The Morgan fingerprint density at radius 1 is 1.35 bits per heavy atom. The number of benzene rings is 2. The maximum atomic E-state index is 12.1. The Morgan fingerprint density at radius 3 is 2.83 bits per heavy atom. The average Bonchev–Trinajstić information content (AvgIpc) is 2.55. The SMILES string of the molecule is CCCOC(=O)[C@H](C)N=[P+]([O-])Oc1c(Cl)ccc2ccccc12. The van der Waals surface area contributed by atoms with E-state index in [4.69, 9.17) is 20.9 Å². The zero-order valence-corrected chi connectivity index (χ0v) is 14.5. The topological polar surface area (TPSA) is 71.0 Å². The van der Waals surface area contributed by atoms with Crippen LogP contribution in [0.2, 0.25) is 5.02 Å². The molecule has 0 fully saturated rings. The van der Waals surface area contributed by atoms with E-state index in [-0.39, 0.29) is 0 Å². The van der Waals surface area contributed by atoms with Gasteiger partial charge in [-0.15, -0.1) is 0 Å². The van der Waals surface area contributed by atoms with E-state index >= 15 is 0 Å². The van der Waals surface area contributed by atoms with Crippen LogP contribution in [0.1, 0.15) is 20.3 Å². The summed E-state index contributed by atoms with van der Waals surface area (Å²) in [7, 11) is -2.44. The molecule has 0 saturated carbocycles. The van der Waals surface area contributed by atoms with Gasteiger partial charge in [-0.05, 0) is 24.8 Å². The molecule has 0 aromatic heterocycles. The molecule has 0 aliphatic carbocycles. The Kier molecular flexibility index (Phi) is 6.34. The highest BCUT2D eigenvalue weighted by atomic mass is 35.5. The van der Waals surface area contributed by atoms with E-state index in [2.05, 4.69) is 4.74 Å². The lowest BCUT2D eigenvalue weighted by Crippen LogP contribution is -2.18. The fraction of sp³-hybridized carbons (Fsp3) is 0.312. The Hall–Kier alpha value is -1.68. The van der Waals surface area contributed by atoms with Gasteiger partial charge >= 0.3 is 14.1 Å². The van der Waals surface area contributed by atoms with Crippen LogP contribution in [-0.2, 0) is 9.53 Å². The zero-order valence-electron chi connectivity index (χ0n) is 12.9. The molecule has 0 N–H and O–H groups in total. The minimum absolute atomic E-state index is 0.295. The largest absolute Gasteiger partial charge is 0.575 e. The molecule has 0 heterocycles. The van der Waals surface area contributed by atoms with Crippen molar-refractivity contribution in [2.75, 3.05) is 6.61 Å². The van der Waals surface area contributed by atoms with Gasteiger partial charge in [0, 0.05) is 5.39 Å². The summed E-state index contributed by atoms with van der Waals surface area (Å²) in [5, 5.41) is 1.98. The van der Waals surface area contributed by atoms with Crippen molar-refractivity contribution in [3.63, 3.8) is 0 Å². The number of fused-ring (bicyclic) bond motifs is 1. The molecule has 1 unspecified atom stereocenters. The van der Waals surface area contributed by atoms with E-state index in [1.165, 1.54) is 6.92 Å². The molecular formula is C16H17ClNO4P. The molecule has 122 valence electrons. The van der Waals surface area contributed by atoms with Crippen LogP contribution in [0, 0.1) is 0 Å². The summed E-state index contributed by atoms with van der Waals surface area (Å²) in [4.78, 5) is 23.7. The maximum absolute atomic E-state index is 12.1. The Morgan fingerprint density at radius 2 is 2.09 bits per heavy atom. The third-order valence-electron chi connectivity index (χ3n) is 3.06. The molecule has 2 aromatic carbocycles. The van der Waals surface area contributed by atoms with Gasteiger partial charge in [-0.1, -0.05) is 53.6 Å². The number of rotatable bonds is 6. The van der Waals surface area contributed by atoms with Crippen molar-refractivity contribution < 1.29 is 18.9 Å². The first-order valence-electron chi connectivity index (χ1n) is 7.22. The minimum atomic E-state index is -2.44. The molecule has 0 saturated heterocycles. The molecular weight excluding hydrogens is 337 g/mol. The van der Waals surface area contributed by atoms with E-state index in [1.54, 1.807) is 6.07 Å². The van der Waals surface area contributed by atoms with Crippen molar-refractivity contribution >= 4 is 36.5 Å². The van der Waals surface area contributed by atoms with Crippen molar-refractivity contribution in [3.8, 4) is 5.75 Å². The molecule has 0 bridgehead atoms. The molecule has 5 nitrogen and oxygen atoms in total. The fourth-order valence-corrected chi connectivity index (χ4v) is 2.96. The number of carbonyl (C=O) groups excluding carboxylic acids is 1. The molecule has 2 rings (SSSR count). The predicted molar refractivity (Wildman–Crippen MR) is 89.6 cm³/mol. The van der Waals surface area contributed by atoms with E-state index in [9.17, 15) is 9.69 Å². The van der Waals surface area contributed by atoms with Gasteiger partial charge < -0.3 is 9.63 Å². The van der Waals surface area contributed by atoms with Crippen LogP contribution >= 0.6 is 19.8 Å². The van der Waals surface area contributed by atoms with Crippen molar-refractivity contribution in [2.24, 2.45) is 4.74 Å². The Balaban J connectivity index is 2.20. The van der Waals surface area contributed by atoms with Gasteiger partial charge in [0.15, 0.2) is 6.04 Å². The van der Waals surface area contributed by atoms with Crippen LogP contribution in [0.25, 0.3) is 10.8 Å². The van der Waals surface area contributed by atoms with E-state index < -0.39 is 20.2 Å². The maximum Gasteiger partial charge on any atom is 0.395 e. The lowest BCUT2D eigenvalue weighted by molar-refractivity contribution is -0.169. The van der Waals surface area contributed by atoms with Crippen LogP contribution in [0.4, 0.5) is 0 Å². The fourth-order valence-electron chi connectivity index (χ4n) is 1.92. The van der Waals surface area contributed by atoms with Gasteiger partial charge in [0.25, 0.3) is 0 Å². The first-order chi connectivity index (χ1) is 11.0. The standard InChI is InChI=1S/C16H17ClNO4P/c1-3-10-21-16(19)11(2)18-23(20)22-15-13-7-5-4-6-12(13)8-9-14(15)17/h4-9,11H,3,10H2,1-2H3/t11-/m0/s1. The first kappa shape index (κ1) is 17.7. The monoisotopic (exact) mass is 353 g/mol. The third-order valence-corrected chi connectivity index (χ3v) is 4.23. The van der Waals surface area contributed by atoms with Gasteiger partial charge in [0.1, 0.15) is 0 Å². The highest BCUT2D eigenvalue weighted by molar-refractivity contribution is 7.34. The summed E-state index contributed by atoms with van der Waals surface area (Å²) in [5.74, 6) is -0.230. The molecule has 0 amide bonds. The van der Waals surface area contributed by atoms with Gasteiger partial charge in [0.2, 0.25) is 5.75 Å². The summed E-state index contributed by atoms with van der Waals surface area (Å²) in [6.07, 6.45) is 0.715. The molecule has 7 heteroatoms. The second kappa shape index (κ2) is 8.25. The summed E-state index contributed by atoms with van der Waals surface area (Å²) < 4.78 is 14.2. The normalized spacial score (nSPS) is 13.0. The van der Waals surface area contributed by atoms with Gasteiger partial charge in [-0.3, -0.25) is 4.52 Å². The number of esters is 1. The van der Waals surface area contributed by atoms with Gasteiger partial charge in [-0.2, -0.15) is 0 Å². The number of carbonyl (C=O) groups is 1. The van der Waals surface area contributed by atoms with Crippen LogP contribution < -0.4 is 9.42 Å².